The fourth-order valence-electron chi connectivity index (χ4n) is 1.83. The van der Waals surface area contributed by atoms with E-state index < -0.39 is 0 Å². The Morgan fingerprint density at radius 2 is 1.69 bits per heavy atom. The van der Waals surface area contributed by atoms with E-state index in [-0.39, 0.29) is 0 Å². The van der Waals surface area contributed by atoms with Gasteiger partial charge in [-0.2, -0.15) is 0 Å². The van der Waals surface area contributed by atoms with Gasteiger partial charge in [0.05, 0.1) is 5.36 Å². The van der Waals surface area contributed by atoms with Crippen molar-refractivity contribution in [3.63, 3.8) is 0 Å². The third-order valence-electron chi connectivity index (χ3n) is 2.68. The van der Waals surface area contributed by atoms with E-state index in [4.69, 9.17) is 5.41 Å². The highest BCUT2D eigenvalue weighted by molar-refractivity contribution is 5.84. The smallest absolute Gasteiger partial charge is 0.0696 e. The molecule has 0 spiro atoms. The summed E-state index contributed by atoms with van der Waals surface area (Å²) in [5, 5.41) is 10.7. The molecule has 1 N–H and O–H groups in total. The molecule has 1 nitrogen and oxygen atoms in total. The molecule has 2 aromatic carbocycles. The maximum atomic E-state index is 8.18. The number of fused-ring (bicyclic) bond motifs is 1. The summed E-state index contributed by atoms with van der Waals surface area (Å²) in [6, 6.07) is 11.9. The quantitative estimate of drug-likeness (QED) is 0.778. The number of hydrogen-bond donors (Lipinski definition) is 1. The second-order valence-electron chi connectivity index (χ2n) is 3.57. The average molecular weight is 207 g/mol. The molecule has 0 aliphatic carbocycles. The zero-order chi connectivity index (χ0) is 11.5. The maximum absolute atomic E-state index is 8.18. The minimum absolute atomic E-state index is 0.505. The SMILES string of the molecule is C=Cc1ccc2ccccc2c(=N)c1C=C. The van der Waals surface area contributed by atoms with Crippen molar-refractivity contribution in [3.8, 4) is 0 Å². The second kappa shape index (κ2) is 4.15. The lowest BCUT2D eigenvalue weighted by molar-refractivity contribution is 1.30. The Morgan fingerprint density at radius 3 is 2.38 bits per heavy atom. The molecule has 0 saturated carbocycles. The molecule has 0 fully saturated rings. The summed E-state index contributed by atoms with van der Waals surface area (Å²) < 4.78 is 0. The third-order valence-corrected chi connectivity index (χ3v) is 2.68. The van der Waals surface area contributed by atoms with Gasteiger partial charge in [-0.15, -0.1) is 0 Å². The van der Waals surface area contributed by atoms with Gasteiger partial charge in [-0.25, -0.2) is 0 Å². The minimum Gasteiger partial charge on any atom is -0.300 e. The third kappa shape index (κ3) is 1.57. The molecular formula is C15H13N. The van der Waals surface area contributed by atoms with Crippen LogP contribution in [0.15, 0.2) is 49.6 Å². The summed E-state index contributed by atoms with van der Waals surface area (Å²) >= 11 is 0. The molecule has 0 radical (unpaired) electrons. The maximum Gasteiger partial charge on any atom is 0.0696 e. The highest BCUT2D eigenvalue weighted by Gasteiger charge is 2.00. The van der Waals surface area contributed by atoms with Crippen LogP contribution < -0.4 is 5.36 Å². The van der Waals surface area contributed by atoms with E-state index in [2.05, 4.69) is 13.2 Å². The average Bonchev–Trinajstić information content (AvgIpc) is 2.46. The van der Waals surface area contributed by atoms with Crippen LogP contribution in [0.4, 0.5) is 0 Å². The second-order valence-corrected chi connectivity index (χ2v) is 3.57. The van der Waals surface area contributed by atoms with E-state index in [1.807, 2.05) is 36.4 Å². The fourth-order valence-corrected chi connectivity index (χ4v) is 1.83. The predicted octanol–water partition coefficient (Wildman–Crippen LogP) is 3.61. The van der Waals surface area contributed by atoms with E-state index in [1.165, 1.54) is 0 Å². The van der Waals surface area contributed by atoms with Gasteiger partial charge in [0.15, 0.2) is 0 Å². The zero-order valence-corrected chi connectivity index (χ0v) is 9.03. The van der Waals surface area contributed by atoms with E-state index in [1.54, 1.807) is 12.2 Å². The van der Waals surface area contributed by atoms with Crippen LogP contribution >= 0.6 is 0 Å². The number of rotatable bonds is 2. The Morgan fingerprint density at radius 1 is 0.938 bits per heavy atom. The topological polar surface area (TPSA) is 23.9 Å². The summed E-state index contributed by atoms with van der Waals surface area (Å²) in [5.74, 6) is 0. The zero-order valence-electron chi connectivity index (χ0n) is 9.03. The van der Waals surface area contributed by atoms with Crippen LogP contribution in [0.25, 0.3) is 22.9 Å². The summed E-state index contributed by atoms with van der Waals surface area (Å²) in [6.07, 6.45) is 3.47. The molecule has 0 aromatic heterocycles. The lowest BCUT2D eigenvalue weighted by Crippen LogP contribution is -2.03. The standard InChI is InChI=1S/C15H13N/c1-3-11-9-10-12-7-5-6-8-14(12)15(16)13(11)4-2/h3-10,16H,1-2H2. The van der Waals surface area contributed by atoms with Crippen LogP contribution in [-0.4, -0.2) is 0 Å². The highest BCUT2D eigenvalue weighted by atomic mass is 14.4. The lowest BCUT2D eigenvalue weighted by atomic mass is 10.1. The number of benzene rings is 1. The molecule has 0 bridgehead atoms. The van der Waals surface area contributed by atoms with Crippen molar-refractivity contribution < 1.29 is 0 Å². The summed E-state index contributed by atoms with van der Waals surface area (Å²) in [6.45, 7) is 7.54. The fraction of sp³-hybridized carbons (Fsp3) is 0. The molecule has 0 atom stereocenters. The van der Waals surface area contributed by atoms with Crippen molar-refractivity contribution in [3.05, 3.63) is 66.0 Å². The summed E-state index contributed by atoms with van der Waals surface area (Å²) in [4.78, 5) is 0. The van der Waals surface area contributed by atoms with Crippen LogP contribution in [-0.2, 0) is 0 Å². The van der Waals surface area contributed by atoms with Gasteiger partial charge in [0.25, 0.3) is 0 Å². The van der Waals surface area contributed by atoms with E-state index in [9.17, 15) is 0 Å². The van der Waals surface area contributed by atoms with E-state index >= 15 is 0 Å². The van der Waals surface area contributed by atoms with E-state index in [0.717, 1.165) is 21.9 Å². The Kier molecular flexibility index (Phi) is 2.69. The van der Waals surface area contributed by atoms with Gasteiger partial charge in [0, 0.05) is 10.9 Å². The molecule has 0 heterocycles. The monoisotopic (exact) mass is 207 g/mol. The van der Waals surface area contributed by atoms with Crippen LogP contribution in [0.5, 0.6) is 0 Å². The molecule has 0 saturated heterocycles. The van der Waals surface area contributed by atoms with Crippen molar-refractivity contribution in [2.75, 3.05) is 0 Å². The number of nitrogens with one attached hydrogen (secondary N) is 1. The Balaban J connectivity index is 3.06. The first-order valence-electron chi connectivity index (χ1n) is 5.13. The van der Waals surface area contributed by atoms with Crippen molar-refractivity contribution in [1.82, 2.24) is 0 Å². The van der Waals surface area contributed by atoms with Crippen molar-refractivity contribution in [2.45, 2.75) is 0 Å². The molecule has 78 valence electrons. The van der Waals surface area contributed by atoms with E-state index in [0.29, 0.717) is 5.36 Å². The molecule has 0 unspecified atom stereocenters. The van der Waals surface area contributed by atoms with Gasteiger partial charge in [0.2, 0.25) is 0 Å². The van der Waals surface area contributed by atoms with Gasteiger partial charge in [-0.3, -0.25) is 5.41 Å². The Hall–Kier alpha value is -2.15. The molecular weight excluding hydrogens is 194 g/mol. The summed E-state index contributed by atoms with van der Waals surface area (Å²) in [7, 11) is 0. The lowest BCUT2D eigenvalue weighted by Gasteiger charge is -1.95. The normalized spacial score (nSPS) is 10.0. The largest absolute Gasteiger partial charge is 0.300 e. The highest BCUT2D eigenvalue weighted by Crippen LogP contribution is 2.13. The van der Waals surface area contributed by atoms with Crippen molar-refractivity contribution in [1.29, 1.82) is 5.41 Å². The van der Waals surface area contributed by atoms with Crippen LogP contribution in [0.1, 0.15) is 11.1 Å². The molecule has 1 heteroatoms. The van der Waals surface area contributed by atoms with Gasteiger partial charge in [0.1, 0.15) is 0 Å². The molecule has 0 amide bonds. The molecule has 0 aliphatic rings. The van der Waals surface area contributed by atoms with Crippen molar-refractivity contribution in [2.24, 2.45) is 0 Å². The number of hydrogen-bond acceptors (Lipinski definition) is 1. The molecule has 2 rings (SSSR count). The molecule has 2 aromatic rings. The predicted molar refractivity (Wildman–Crippen MR) is 70.0 cm³/mol. The Labute approximate surface area is 94.9 Å². The molecule has 16 heavy (non-hydrogen) atoms. The first-order chi connectivity index (χ1) is 7.77. The Bertz CT molecular complexity index is 624. The minimum atomic E-state index is 0.505. The first kappa shape index (κ1) is 10.4. The van der Waals surface area contributed by atoms with Crippen LogP contribution in [0, 0.1) is 5.41 Å². The van der Waals surface area contributed by atoms with Gasteiger partial charge in [-0.1, -0.05) is 61.7 Å². The van der Waals surface area contributed by atoms with Gasteiger partial charge in [-0.05, 0) is 10.9 Å². The van der Waals surface area contributed by atoms with Crippen molar-refractivity contribution >= 4 is 22.9 Å². The van der Waals surface area contributed by atoms with Crippen LogP contribution in [0.3, 0.4) is 0 Å². The first-order valence-corrected chi connectivity index (χ1v) is 5.13. The van der Waals surface area contributed by atoms with Gasteiger partial charge >= 0.3 is 0 Å². The van der Waals surface area contributed by atoms with Crippen LogP contribution in [0.2, 0.25) is 0 Å². The molecule has 0 aliphatic heterocycles. The summed E-state index contributed by atoms with van der Waals surface area (Å²) in [5.41, 5.74) is 1.77. The van der Waals surface area contributed by atoms with Gasteiger partial charge < -0.3 is 0 Å².